The molecule has 0 radical (unpaired) electrons. The Bertz CT molecular complexity index is 613. The van der Waals surface area contributed by atoms with Crippen LogP contribution in [0.5, 0.6) is 11.6 Å². The quantitative estimate of drug-likeness (QED) is 0.811. The van der Waals surface area contributed by atoms with Gasteiger partial charge in [0.2, 0.25) is 12.3 Å². The number of amides is 1. The SMILES string of the molecule is CN(C=O)c1cccc(Oc2csc(C(F)(F)F)c2)n1. The van der Waals surface area contributed by atoms with E-state index in [2.05, 4.69) is 4.98 Å². The summed E-state index contributed by atoms with van der Waals surface area (Å²) in [6.07, 6.45) is -3.82. The van der Waals surface area contributed by atoms with Gasteiger partial charge in [-0.05, 0) is 6.07 Å². The van der Waals surface area contributed by atoms with Gasteiger partial charge >= 0.3 is 6.18 Å². The van der Waals surface area contributed by atoms with Crippen molar-refractivity contribution in [3.05, 3.63) is 34.5 Å². The van der Waals surface area contributed by atoms with Crippen LogP contribution in [0.3, 0.4) is 0 Å². The van der Waals surface area contributed by atoms with E-state index < -0.39 is 11.1 Å². The van der Waals surface area contributed by atoms with Crippen LogP contribution >= 0.6 is 11.3 Å². The van der Waals surface area contributed by atoms with Gasteiger partial charge in [-0.15, -0.1) is 11.3 Å². The van der Waals surface area contributed by atoms with Crippen molar-refractivity contribution in [1.29, 1.82) is 0 Å². The van der Waals surface area contributed by atoms with Crippen molar-refractivity contribution in [2.24, 2.45) is 0 Å². The highest BCUT2D eigenvalue weighted by atomic mass is 32.1. The van der Waals surface area contributed by atoms with Crippen molar-refractivity contribution >= 4 is 23.6 Å². The van der Waals surface area contributed by atoms with Gasteiger partial charge in [0.1, 0.15) is 16.4 Å². The Morgan fingerprint density at radius 3 is 2.75 bits per heavy atom. The van der Waals surface area contributed by atoms with E-state index in [9.17, 15) is 18.0 Å². The van der Waals surface area contributed by atoms with Crippen LogP contribution in [-0.2, 0) is 11.0 Å². The average Bonchev–Trinajstić information content (AvgIpc) is 2.86. The molecular formula is C12H9F3N2O2S. The van der Waals surface area contributed by atoms with Gasteiger partial charge in [-0.2, -0.15) is 18.2 Å². The second-order valence-corrected chi connectivity index (χ2v) is 4.71. The molecule has 0 atom stereocenters. The minimum atomic E-state index is -4.39. The Morgan fingerprint density at radius 1 is 1.40 bits per heavy atom. The van der Waals surface area contributed by atoms with Crippen molar-refractivity contribution in [2.45, 2.75) is 6.18 Å². The zero-order chi connectivity index (χ0) is 14.8. The largest absolute Gasteiger partial charge is 0.438 e. The minimum Gasteiger partial charge on any atom is -0.438 e. The standard InChI is InChI=1S/C12H9F3N2O2S/c1-17(7-18)10-3-2-4-11(16-10)19-8-5-9(20-6-8)12(13,14)15/h2-7H,1H3. The summed E-state index contributed by atoms with van der Waals surface area (Å²) in [5, 5.41) is 1.25. The Hall–Kier alpha value is -2.09. The highest BCUT2D eigenvalue weighted by Gasteiger charge is 2.32. The molecule has 20 heavy (non-hydrogen) atoms. The number of carbonyl (C=O) groups excluding carboxylic acids is 1. The molecule has 0 unspecified atom stereocenters. The number of aromatic nitrogens is 1. The van der Waals surface area contributed by atoms with Crippen LogP contribution in [0.2, 0.25) is 0 Å². The number of alkyl halides is 3. The minimum absolute atomic E-state index is 0.0562. The summed E-state index contributed by atoms with van der Waals surface area (Å²) in [6, 6.07) is 5.57. The fraction of sp³-hybridized carbons (Fsp3) is 0.167. The fourth-order valence-electron chi connectivity index (χ4n) is 1.35. The highest BCUT2D eigenvalue weighted by molar-refractivity contribution is 7.10. The zero-order valence-electron chi connectivity index (χ0n) is 10.2. The summed E-state index contributed by atoms with van der Waals surface area (Å²) in [5.41, 5.74) is 0. The van der Waals surface area contributed by atoms with E-state index >= 15 is 0 Å². The van der Waals surface area contributed by atoms with Crippen LogP contribution in [0.4, 0.5) is 19.0 Å². The lowest BCUT2D eigenvalue weighted by molar-refractivity contribution is -0.134. The number of nitrogens with zero attached hydrogens (tertiary/aromatic N) is 2. The molecule has 0 spiro atoms. The molecule has 0 fully saturated rings. The predicted octanol–water partition coefficient (Wildman–Crippen LogP) is 3.55. The third kappa shape index (κ3) is 3.27. The van der Waals surface area contributed by atoms with Crippen molar-refractivity contribution in [2.75, 3.05) is 11.9 Å². The Morgan fingerprint density at radius 2 is 2.15 bits per heavy atom. The molecule has 0 N–H and O–H groups in total. The van der Waals surface area contributed by atoms with Crippen molar-refractivity contribution in [3.63, 3.8) is 0 Å². The maximum absolute atomic E-state index is 12.4. The first-order valence-corrected chi connectivity index (χ1v) is 6.27. The third-order valence-electron chi connectivity index (χ3n) is 2.31. The van der Waals surface area contributed by atoms with Crippen LogP contribution in [0, 0.1) is 0 Å². The van der Waals surface area contributed by atoms with E-state index in [1.54, 1.807) is 12.1 Å². The number of thiophene rings is 1. The normalized spacial score (nSPS) is 11.2. The summed E-state index contributed by atoms with van der Waals surface area (Å²) in [4.78, 5) is 15.1. The molecule has 4 nitrogen and oxygen atoms in total. The summed E-state index contributed by atoms with van der Waals surface area (Å²) in [6.45, 7) is 0. The molecule has 0 saturated heterocycles. The first-order chi connectivity index (χ1) is 9.40. The maximum Gasteiger partial charge on any atom is 0.425 e. The first kappa shape index (κ1) is 14.3. The number of ether oxygens (including phenoxy) is 1. The third-order valence-corrected chi connectivity index (χ3v) is 3.26. The summed E-state index contributed by atoms with van der Waals surface area (Å²) < 4.78 is 42.6. The number of pyridine rings is 1. The number of carbonyl (C=O) groups is 1. The lowest BCUT2D eigenvalue weighted by atomic mass is 10.4. The lowest BCUT2D eigenvalue weighted by Crippen LogP contribution is -2.15. The van der Waals surface area contributed by atoms with Crippen molar-refractivity contribution in [3.8, 4) is 11.6 Å². The van der Waals surface area contributed by atoms with E-state index in [0.29, 0.717) is 23.6 Å². The van der Waals surface area contributed by atoms with Gasteiger partial charge in [0, 0.05) is 24.6 Å². The van der Waals surface area contributed by atoms with E-state index in [0.717, 1.165) is 6.07 Å². The van der Waals surface area contributed by atoms with Crippen LogP contribution in [-0.4, -0.2) is 18.4 Å². The molecule has 1 amide bonds. The van der Waals surface area contributed by atoms with Gasteiger partial charge in [0.25, 0.3) is 0 Å². The Labute approximate surface area is 116 Å². The number of hydrogen-bond acceptors (Lipinski definition) is 4. The number of hydrogen-bond donors (Lipinski definition) is 0. The molecular weight excluding hydrogens is 293 g/mol. The number of halogens is 3. The van der Waals surface area contributed by atoms with Crippen LogP contribution in [0.25, 0.3) is 0 Å². The monoisotopic (exact) mass is 302 g/mol. The molecule has 106 valence electrons. The highest BCUT2D eigenvalue weighted by Crippen LogP contribution is 2.37. The number of anilines is 1. The average molecular weight is 302 g/mol. The molecule has 8 heteroatoms. The van der Waals surface area contributed by atoms with Crippen molar-refractivity contribution < 1.29 is 22.7 Å². The Kier molecular flexibility index (Phi) is 3.93. The molecule has 0 bridgehead atoms. The molecule has 2 heterocycles. The lowest BCUT2D eigenvalue weighted by Gasteiger charge is -2.10. The van der Waals surface area contributed by atoms with Gasteiger partial charge in [0.05, 0.1) is 0 Å². The number of rotatable bonds is 4. The second-order valence-electron chi connectivity index (χ2n) is 3.80. The molecule has 0 aliphatic heterocycles. The van der Waals surface area contributed by atoms with E-state index in [1.807, 2.05) is 0 Å². The molecule has 0 saturated carbocycles. The molecule has 0 aliphatic carbocycles. The first-order valence-electron chi connectivity index (χ1n) is 5.39. The van der Waals surface area contributed by atoms with Crippen LogP contribution < -0.4 is 9.64 Å². The summed E-state index contributed by atoms with van der Waals surface area (Å²) >= 11 is 0.546. The van der Waals surface area contributed by atoms with E-state index in [4.69, 9.17) is 4.74 Å². The maximum atomic E-state index is 12.4. The predicted molar refractivity (Wildman–Crippen MR) is 68.1 cm³/mol. The van der Waals surface area contributed by atoms with E-state index in [-0.39, 0.29) is 11.6 Å². The fourth-order valence-corrected chi connectivity index (χ4v) is 2.03. The molecule has 2 aromatic rings. The summed E-state index contributed by atoms with van der Waals surface area (Å²) in [7, 11) is 1.51. The zero-order valence-corrected chi connectivity index (χ0v) is 11.0. The van der Waals surface area contributed by atoms with E-state index in [1.165, 1.54) is 23.4 Å². The second kappa shape index (κ2) is 5.49. The topological polar surface area (TPSA) is 42.4 Å². The Balaban J connectivity index is 2.18. The van der Waals surface area contributed by atoms with Gasteiger partial charge in [-0.25, -0.2) is 0 Å². The molecule has 0 aromatic carbocycles. The van der Waals surface area contributed by atoms with Crippen LogP contribution in [0.15, 0.2) is 29.6 Å². The van der Waals surface area contributed by atoms with Gasteiger partial charge in [-0.1, -0.05) is 6.07 Å². The molecule has 0 aliphatic rings. The van der Waals surface area contributed by atoms with Gasteiger partial charge in [0.15, 0.2) is 0 Å². The van der Waals surface area contributed by atoms with Crippen molar-refractivity contribution in [1.82, 2.24) is 4.98 Å². The van der Waals surface area contributed by atoms with Crippen LogP contribution in [0.1, 0.15) is 4.88 Å². The molecule has 2 rings (SSSR count). The van der Waals surface area contributed by atoms with Gasteiger partial charge in [-0.3, -0.25) is 4.79 Å². The smallest absolute Gasteiger partial charge is 0.425 e. The van der Waals surface area contributed by atoms with Gasteiger partial charge < -0.3 is 9.64 Å². The molecule has 2 aromatic heterocycles. The summed E-state index contributed by atoms with van der Waals surface area (Å²) in [5.74, 6) is 0.507.